The number of H-pyrrole nitrogens is 1. The summed E-state index contributed by atoms with van der Waals surface area (Å²) >= 11 is 0. The number of nitrogen functional groups attached to an aromatic ring is 1. The highest BCUT2D eigenvalue weighted by Gasteiger charge is 2.13. The molecule has 0 unspecified atom stereocenters. The molecule has 2 rings (SSSR count). The van der Waals surface area contributed by atoms with E-state index in [-0.39, 0.29) is 11.5 Å². The molecular formula is C11H11N3O3. The topological polar surface area (TPSA) is 90.2 Å². The summed E-state index contributed by atoms with van der Waals surface area (Å²) in [6.07, 6.45) is 0. The highest BCUT2D eigenvalue weighted by molar-refractivity contribution is 5.90. The molecular weight excluding hydrogens is 222 g/mol. The molecule has 0 radical (unpaired) electrons. The minimum Gasteiger partial charge on any atom is -0.493 e. The number of aromatic amines is 1. The van der Waals surface area contributed by atoms with Gasteiger partial charge >= 0.3 is 5.97 Å². The number of nitrogens with one attached hydrogen (secondary N) is 1. The number of esters is 1. The Balaban J connectivity index is 2.18. The summed E-state index contributed by atoms with van der Waals surface area (Å²) in [6, 6.07) is 8.26. The summed E-state index contributed by atoms with van der Waals surface area (Å²) in [7, 11) is 1.50. The number of aromatic nitrogens is 2. The fraction of sp³-hybridized carbons (Fsp3) is 0.0909. The van der Waals surface area contributed by atoms with Crippen LogP contribution in [0.3, 0.4) is 0 Å². The van der Waals surface area contributed by atoms with E-state index in [1.54, 1.807) is 24.3 Å². The number of anilines is 1. The van der Waals surface area contributed by atoms with Gasteiger partial charge in [0.25, 0.3) is 0 Å². The third-order valence-electron chi connectivity index (χ3n) is 2.09. The first kappa shape index (κ1) is 11.0. The minimum absolute atomic E-state index is 0.188. The third kappa shape index (κ3) is 2.36. The molecule has 0 aliphatic carbocycles. The minimum atomic E-state index is -0.571. The Labute approximate surface area is 97.3 Å². The summed E-state index contributed by atoms with van der Waals surface area (Å²) in [5, 5.41) is 6.12. The van der Waals surface area contributed by atoms with Crippen molar-refractivity contribution in [1.82, 2.24) is 10.2 Å². The van der Waals surface area contributed by atoms with E-state index < -0.39 is 5.97 Å². The van der Waals surface area contributed by atoms with E-state index in [0.717, 1.165) is 0 Å². The van der Waals surface area contributed by atoms with Crippen LogP contribution in [0.1, 0.15) is 10.5 Å². The average molecular weight is 233 g/mol. The maximum atomic E-state index is 11.7. The highest BCUT2D eigenvalue weighted by Crippen LogP contribution is 2.26. The standard InChI is InChI=1S/C11H11N3O3/c1-16-8-4-2-3-5-9(8)17-11(15)7-6-10(12)14-13-7/h2-6H,1H3,(H3,12,13,14). The number of nitrogens with zero attached hydrogens (tertiary/aromatic N) is 1. The predicted octanol–water partition coefficient (Wildman–Crippen LogP) is 1.22. The Morgan fingerprint density at radius 1 is 1.35 bits per heavy atom. The van der Waals surface area contributed by atoms with Gasteiger partial charge in [-0.15, -0.1) is 0 Å². The van der Waals surface area contributed by atoms with Crippen molar-refractivity contribution in [2.24, 2.45) is 0 Å². The SMILES string of the molecule is COc1ccccc1OC(=O)c1cc(N)n[nH]1. The largest absolute Gasteiger partial charge is 0.493 e. The third-order valence-corrected chi connectivity index (χ3v) is 2.09. The first-order valence-corrected chi connectivity index (χ1v) is 4.87. The van der Waals surface area contributed by atoms with Crippen molar-refractivity contribution in [1.29, 1.82) is 0 Å². The van der Waals surface area contributed by atoms with Crippen LogP contribution in [0.4, 0.5) is 5.82 Å². The second-order valence-corrected chi connectivity index (χ2v) is 3.25. The van der Waals surface area contributed by atoms with Gasteiger partial charge in [-0.05, 0) is 12.1 Å². The predicted molar refractivity (Wildman–Crippen MR) is 61.0 cm³/mol. The molecule has 0 atom stereocenters. The molecule has 6 nitrogen and oxygen atoms in total. The van der Waals surface area contributed by atoms with Crippen LogP contribution in [-0.2, 0) is 0 Å². The van der Waals surface area contributed by atoms with E-state index in [9.17, 15) is 4.79 Å². The van der Waals surface area contributed by atoms with Crippen LogP contribution in [0.5, 0.6) is 11.5 Å². The van der Waals surface area contributed by atoms with Gasteiger partial charge in [0.05, 0.1) is 7.11 Å². The van der Waals surface area contributed by atoms with Gasteiger partial charge in [-0.2, -0.15) is 5.10 Å². The average Bonchev–Trinajstić information content (AvgIpc) is 2.77. The van der Waals surface area contributed by atoms with E-state index in [1.807, 2.05) is 0 Å². The van der Waals surface area contributed by atoms with Gasteiger partial charge in [-0.3, -0.25) is 5.10 Å². The first-order valence-electron chi connectivity index (χ1n) is 4.87. The Hall–Kier alpha value is -2.50. The number of carbonyl (C=O) groups is 1. The molecule has 0 saturated heterocycles. The Bertz CT molecular complexity index is 536. The summed E-state index contributed by atoms with van der Waals surface area (Å²) in [4.78, 5) is 11.7. The van der Waals surface area contributed by atoms with Crippen LogP contribution in [0.2, 0.25) is 0 Å². The molecule has 1 aromatic carbocycles. The van der Waals surface area contributed by atoms with Crippen LogP contribution in [0.25, 0.3) is 0 Å². The lowest BCUT2D eigenvalue weighted by Crippen LogP contribution is -2.09. The molecule has 2 aromatic rings. The van der Waals surface area contributed by atoms with Crippen molar-refractivity contribution >= 4 is 11.8 Å². The van der Waals surface area contributed by atoms with E-state index >= 15 is 0 Å². The number of benzene rings is 1. The van der Waals surface area contributed by atoms with Crippen LogP contribution in [0, 0.1) is 0 Å². The number of rotatable bonds is 3. The zero-order valence-electron chi connectivity index (χ0n) is 9.14. The van der Waals surface area contributed by atoms with Crippen molar-refractivity contribution in [3.8, 4) is 11.5 Å². The quantitative estimate of drug-likeness (QED) is 0.614. The van der Waals surface area contributed by atoms with Crippen LogP contribution >= 0.6 is 0 Å². The molecule has 1 aromatic heterocycles. The first-order chi connectivity index (χ1) is 8.20. The Kier molecular flexibility index (Phi) is 2.95. The molecule has 88 valence electrons. The fourth-order valence-electron chi connectivity index (χ4n) is 1.30. The molecule has 0 saturated carbocycles. The highest BCUT2D eigenvalue weighted by atomic mass is 16.6. The maximum absolute atomic E-state index is 11.7. The smallest absolute Gasteiger partial charge is 0.361 e. The van der Waals surface area contributed by atoms with Gasteiger partial charge in [0.1, 0.15) is 11.5 Å². The molecule has 3 N–H and O–H groups in total. The monoisotopic (exact) mass is 233 g/mol. The second kappa shape index (κ2) is 4.56. The van der Waals surface area contributed by atoms with E-state index in [1.165, 1.54) is 13.2 Å². The molecule has 17 heavy (non-hydrogen) atoms. The van der Waals surface area contributed by atoms with E-state index in [0.29, 0.717) is 11.5 Å². The molecule has 0 aliphatic heterocycles. The normalized spacial score (nSPS) is 9.94. The van der Waals surface area contributed by atoms with E-state index in [4.69, 9.17) is 15.2 Å². The van der Waals surface area contributed by atoms with Crippen LogP contribution in [0.15, 0.2) is 30.3 Å². The van der Waals surface area contributed by atoms with Crippen molar-refractivity contribution in [2.75, 3.05) is 12.8 Å². The van der Waals surface area contributed by atoms with Crippen molar-refractivity contribution in [2.45, 2.75) is 0 Å². The molecule has 0 spiro atoms. The lowest BCUT2D eigenvalue weighted by atomic mass is 10.3. The zero-order chi connectivity index (χ0) is 12.3. The molecule has 1 heterocycles. The maximum Gasteiger partial charge on any atom is 0.361 e. The summed E-state index contributed by atoms with van der Waals surface area (Å²) < 4.78 is 10.2. The molecule has 0 fully saturated rings. The molecule has 0 aliphatic rings. The Morgan fingerprint density at radius 3 is 2.65 bits per heavy atom. The number of hydrogen-bond acceptors (Lipinski definition) is 5. The van der Waals surface area contributed by atoms with Gasteiger partial charge < -0.3 is 15.2 Å². The van der Waals surface area contributed by atoms with Gasteiger partial charge in [0.2, 0.25) is 0 Å². The zero-order valence-corrected chi connectivity index (χ0v) is 9.14. The number of hydrogen-bond donors (Lipinski definition) is 2. The van der Waals surface area contributed by atoms with Gasteiger partial charge in [-0.1, -0.05) is 12.1 Å². The second-order valence-electron chi connectivity index (χ2n) is 3.25. The number of methoxy groups -OCH3 is 1. The van der Waals surface area contributed by atoms with Gasteiger partial charge in [-0.25, -0.2) is 4.79 Å². The summed E-state index contributed by atoms with van der Waals surface area (Å²) in [6.45, 7) is 0. The van der Waals surface area contributed by atoms with Gasteiger partial charge in [0, 0.05) is 6.07 Å². The molecule has 0 amide bonds. The van der Waals surface area contributed by atoms with Crippen molar-refractivity contribution in [3.63, 3.8) is 0 Å². The van der Waals surface area contributed by atoms with Crippen LogP contribution < -0.4 is 15.2 Å². The number of para-hydroxylation sites is 2. The molecule has 6 heteroatoms. The van der Waals surface area contributed by atoms with Crippen molar-refractivity contribution in [3.05, 3.63) is 36.0 Å². The van der Waals surface area contributed by atoms with E-state index in [2.05, 4.69) is 10.2 Å². The lowest BCUT2D eigenvalue weighted by molar-refractivity contribution is 0.0723. The summed E-state index contributed by atoms with van der Waals surface area (Å²) in [5.74, 6) is 0.484. The number of carbonyl (C=O) groups excluding carboxylic acids is 1. The summed E-state index contributed by atoms with van der Waals surface area (Å²) in [5.41, 5.74) is 5.58. The van der Waals surface area contributed by atoms with Crippen molar-refractivity contribution < 1.29 is 14.3 Å². The van der Waals surface area contributed by atoms with Crippen LogP contribution in [-0.4, -0.2) is 23.3 Å². The lowest BCUT2D eigenvalue weighted by Gasteiger charge is -2.07. The molecule has 0 bridgehead atoms. The fourth-order valence-corrected chi connectivity index (χ4v) is 1.30. The number of nitrogens with two attached hydrogens (primary N) is 1. The Morgan fingerprint density at radius 2 is 2.06 bits per heavy atom. The van der Waals surface area contributed by atoms with Gasteiger partial charge in [0.15, 0.2) is 11.5 Å². The number of ether oxygens (including phenoxy) is 2.